The number of hydrogen-bond acceptors (Lipinski definition) is 4. The molecule has 104 valence electrons. The molecule has 1 aromatic carbocycles. The monoisotopic (exact) mass is 318 g/mol. The van der Waals surface area contributed by atoms with E-state index in [2.05, 4.69) is 0 Å². The summed E-state index contributed by atoms with van der Waals surface area (Å²) in [6.45, 7) is 1.10. The van der Waals surface area contributed by atoms with Gasteiger partial charge in [0.2, 0.25) is 0 Å². The lowest BCUT2D eigenvalue weighted by molar-refractivity contribution is 0.597. The van der Waals surface area contributed by atoms with Gasteiger partial charge in [-0.25, -0.2) is 8.42 Å². The van der Waals surface area contributed by atoms with Crippen LogP contribution in [0.4, 0.5) is 5.69 Å². The van der Waals surface area contributed by atoms with Crippen molar-refractivity contribution in [3.8, 4) is 0 Å². The van der Waals surface area contributed by atoms with Gasteiger partial charge in [-0.1, -0.05) is 23.8 Å². The molecule has 2 N–H and O–H groups in total. The van der Waals surface area contributed by atoms with E-state index in [-0.39, 0.29) is 11.5 Å². The van der Waals surface area contributed by atoms with Crippen molar-refractivity contribution < 1.29 is 8.42 Å². The normalized spacial score (nSPS) is 18.9. The van der Waals surface area contributed by atoms with Gasteiger partial charge in [0.05, 0.1) is 11.5 Å². The molecule has 0 atom stereocenters. The first-order valence-corrected chi connectivity index (χ1v) is 8.54. The van der Waals surface area contributed by atoms with Crippen LogP contribution >= 0.6 is 23.8 Å². The molecule has 0 spiro atoms. The first kappa shape index (κ1) is 14.6. The van der Waals surface area contributed by atoms with E-state index in [1.165, 1.54) is 0 Å². The van der Waals surface area contributed by atoms with Crippen molar-refractivity contribution in [2.24, 2.45) is 5.73 Å². The summed E-state index contributed by atoms with van der Waals surface area (Å²) >= 11 is 11.0. The van der Waals surface area contributed by atoms with Gasteiger partial charge in [0.1, 0.15) is 4.99 Å². The Morgan fingerprint density at radius 2 is 2.05 bits per heavy atom. The number of rotatable bonds is 2. The van der Waals surface area contributed by atoms with E-state index < -0.39 is 9.84 Å². The smallest absolute Gasteiger partial charge is 0.152 e. The number of nitrogens with two attached hydrogens (primary N) is 1. The number of anilines is 1. The quantitative estimate of drug-likeness (QED) is 0.839. The van der Waals surface area contributed by atoms with Crippen molar-refractivity contribution in [1.29, 1.82) is 0 Å². The Balaban J connectivity index is 2.35. The van der Waals surface area contributed by atoms with Crippen LogP contribution in [0.25, 0.3) is 0 Å². The number of halogens is 1. The third kappa shape index (κ3) is 3.58. The summed E-state index contributed by atoms with van der Waals surface area (Å²) in [5.41, 5.74) is 7.26. The summed E-state index contributed by atoms with van der Waals surface area (Å²) in [6, 6.07) is 5.29. The second-order valence-electron chi connectivity index (χ2n) is 4.52. The fourth-order valence-electron chi connectivity index (χ4n) is 2.15. The predicted octanol–water partition coefficient (Wildman–Crippen LogP) is 1.60. The zero-order valence-electron chi connectivity index (χ0n) is 10.3. The number of hydrogen-bond donors (Lipinski definition) is 1. The Labute approximate surface area is 123 Å². The summed E-state index contributed by atoms with van der Waals surface area (Å²) in [5.74, 6) is 0.378. The van der Waals surface area contributed by atoms with Crippen LogP contribution in [0.1, 0.15) is 12.0 Å². The van der Waals surface area contributed by atoms with Gasteiger partial charge in [-0.05, 0) is 24.6 Å². The van der Waals surface area contributed by atoms with Crippen molar-refractivity contribution in [1.82, 2.24) is 0 Å². The maximum Gasteiger partial charge on any atom is 0.152 e. The minimum atomic E-state index is -2.94. The SMILES string of the molecule is NC(=S)c1ccc(Cl)cc1N1CCCS(=O)(=O)CC1. The molecule has 1 saturated heterocycles. The van der Waals surface area contributed by atoms with Gasteiger partial charge in [-0.15, -0.1) is 0 Å². The van der Waals surface area contributed by atoms with Gasteiger partial charge < -0.3 is 10.6 Å². The van der Waals surface area contributed by atoms with E-state index in [9.17, 15) is 8.42 Å². The van der Waals surface area contributed by atoms with E-state index in [0.717, 1.165) is 11.3 Å². The standard InChI is InChI=1S/C12H15ClN2O2S2/c13-9-2-3-10(12(14)18)11(8-9)15-4-1-6-19(16,17)7-5-15/h2-3,8H,1,4-7H2,(H2,14,18). The summed E-state index contributed by atoms with van der Waals surface area (Å²) in [5, 5.41) is 0.585. The molecular formula is C12H15ClN2O2S2. The van der Waals surface area contributed by atoms with Gasteiger partial charge in [-0.2, -0.15) is 0 Å². The average Bonchev–Trinajstić information content (AvgIpc) is 2.49. The third-order valence-corrected chi connectivity index (χ3v) is 5.29. The molecule has 1 fully saturated rings. The van der Waals surface area contributed by atoms with Crippen LogP contribution in [-0.2, 0) is 9.84 Å². The van der Waals surface area contributed by atoms with Crippen LogP contribution in [-0.4, -0.2) is 38.0 Å². The summed E-state index contributed by atoms with van der Waals surface area (Å²) in [4.78, 5) is 2.28. The van der Waals surface area contributed by atoms with Crippen LogP contribution in [0.2, 0.25) is 5.02 Å². The minimum absolute atomic E-state index is 0.149. The summed E-state index contributed by atoms with van der Waals surface area (Å²) in [6.07, 6.45) is 0.603. The lowest BCUT2D eigenvalue weighted by Crippen LogP contribution is -2.29. The van der Waals surface area contributed by atoms with Crippen LogP contribution < -0.4 is 10.6 Å². The first-order valence-electron chi connectivity index (χ1n) is 5.94. The number of nitrogens with zero attached hydrogens (tertiary/aromatic N) is 1. The maximum absolute atomic E-state index is 11.6. The number of benzene rings is 1. The van der Waals surface area contributed by atoms with Crippen LogP contribution in [0.15, 0.2) is 18.2 Å². The van der Waals surface area contributed by atoms with E-state index in [1.54, 1.807) is 18.2 Å². The Morgan fingerprint density at radius 1 is 1.32 bits per heavy atom. The highest BCUT2D eigenvalue weighted by molar-refractivity contribution is 7.91. The molecule has 19 heavy (non-hydrogen) atoms. The topological polar surface area (TPSA) is 63.4 Å². The molecule has 0 aromatic heterocycles. The summed E-state index contributed by atoms with van der Waals surface area (Å²) in [7, 11) is -2.94. The first-order chi connectivity index (χ1) is 8.89. The van der Waals surface area contributed by atoms with Gasteiger partial charge >= 0.3 is 0 Å². The molecule has 1 aromatic rings. The summed E-state index contributed by atoms with van der Waals surface area (Å²) < 4.78 is 23.3. The minimum Gasteiger partial charge on any atom is -0.389 e. The molecule has 2 rings (SSSR count). The van der Waals surface area contributed by atoms with Crippen LogP contribution in [0.3, 0.4) is 0 Å². The fourth-order valence-corrected chi connectivity index (χ4v) is 3.76. The maximum atomic E-state index is 11.6. The van der Waals surface area contributed by atoms with Gasteiger partial charge in [-0.3, -0.25) is 0 Å². The lowest BCUT2D eigenvalue weighted by atomic mass is 10.1. The predicted molar refractivity (Wildman–Crippen MR) is 82.8 cm³/mol. The van der Waals surface area contributed by atoms with Crippen molar-refractivity contribution in [2.45, 2.75) is 6.42 Å². The Kier molecular flexibility index (Phi) is 4.32. The van der Waals surface area contributed by atoms with E-state index >= 15 is 0 Å². The highest BCUT2D eigenvalue weighted by Crippen LogP contribution is 2.26. The molecular weight excluding hydrogens is 304 g/mol. The van der Waals surface area contributed by atoms with Crippen LogP contribution in [0, 0.1) is 0 Å². The average molecular weight is 319 g/mol. The highest BCUT2D eigenvalue weighted by Gasteiger charge is 2.21. The molecule has 7 heteroatoms. The molecule has 4 nitrogen and oxygen atoms in total. The molecule has 0 amide bonds. The third-order valence-electron chi connectivity index (χ3n) is 3.12. The molecule has 0 unspecified atom stereocenters. The Bertz CT molecular complexity index is 602. The lowest BCUT2D eigenvalue weighted by Gasteiger charge is -2.24. The molecule has 0 saturated carbocycles. The number of thiocarbonyl (C=S) groups is 1. The number of sulfone groups is 1. The molecule has 1 aliphatic heterocycles. The second-order valence-corrected chi connectivity index (χ2v) is 7.70. The van der Waals surface area contributed by atoms with Crippen molar-refractivity contribution in [3.63, 3.8) is 0 Å². The van der Waals surface area contributed by atoms with E-state index in [1.807, 2.05) is 4.90 Å². The fraction of sp³-hybridized carbons (Fsp3) is 0.417. The van der Waals surface area contributed by atoms with Gasteiger partial charge in [0, 0.05) is 29.4 Å². The second kappa shape index (κ2) is 5.64. The highest BCUT2D eigenvalue weighted by atomic mass is 35.5. The van der Waals surface area contributed by atoms with Gasteiger partial charge in [0.25, 0.3) is 0 Å². The van der Waals surface area contributed by atoms with Crippen LogP contribution in [0.5, 0.6) is 0 Å². The molecule has 0 bridgehead atoms. The Morgan fingerprint density at radius 3 is 2.74 bits per heavy atom. The van der Waals surface area contributed by atoms with Crippen molar-refractivity contribution >= 4 is 44.3 Å². The molecule has 1 heterocycles. The zero-order chi connectivity index (χ0) is 14.0. The largest absolute Gasteiger partial charge is 0.389 e. The zero-order valence-corrected chi connectivity index (χ0v) is 12.7. The van der Waals surface area contributed by atoms with Crippen molar-refractivity contribution in [2.75, 3.05) is 29.5 Å². The van der Waals surface area contributed by atoms with E-state index in [0.29, 0.717) is 29.5 Å². The Hall–Kier alpha value is -0.850. The van der Waals surface area contributed by atoms with Gasteiger partial charge in [0.15, 0.2) is 9.84 Å². The molecule has 0 radical (unpaired) electrons. The molecule has 1 aliphatic rings. The van der Waals surface area contributed by atoms with Crippen molar-refractivity contribution in [3.05, 3.63) is 28.8 Å². The molecule has 0 aliphatic carbocycles. The van der Waals surface area contributed by atoms with E-state index in [4.69, 9.17) is 29.6 Å².